The van der Waals surface area contributed by atoms with Gasteiger partial charge in [-0.3, -0.25) is 0 Å². The van der Waals surface area contributed by atoms with Gasteiger partial charge in [0.15, 0.2) is 18.9 Å². The number of nitrogens with zero attached hydrogens (tertiary/aromatic N) is 2. The maximum absolute atomic E-state index is 2.30. The van der Waals surface area contributed by atoms with Crippen LogP contribution in [0.15, 0.2) is 41.9 Å². The fourth-order valence-corrected chi connectivity index (χ4v) is 3.95. The van der Waals surface area contributed by atoms with Crippen molar-refractivity contribution in [3.05, 3.63) is 64.3 Å². The number of rotatable bonds is 2. The topological polar surface area (TPSA) is 7.76 Å². The van der Waals surface area contributed by atoms with E-state index in [0.717, 1.165) is 0 Å². The van der Waals surface area contributed by atoms with E-state index in [2.05, 4.69) is 85.2 Å². The van der Waals surface area contributed by atoms with Gasteiger partial charge in [-0.1, -0.05) is 6.07 Å². The predicted molar refractivity (Wildman–Crippen MR) is 91.4 cm³/mol. The predicted octanol–water partition coefficient (Wildman–Crippen LogP) is 3.75. The van der Waals surface area contributed by atoms with Crippen molar-refractivity contribution in [3.8, 4) is 16.9 Å². The van der Waals surface area contributed by atoms with Crippen molar-refractivity contribution >= 4 is 11.5 Å². The molecule has 0 N–H and O–H groups in total. The maximum Gasteiger partial charge on any atom is 0.227 e. The summed E-state index contributed by atoms with van der Waals surface area (Å²) in [6, 6.07) is 10.8. The molecule has 0 fully saturated rings. The van der Waals surface area contributed by atoms with Gasteiger partial charge in [-0.2, -0.15) is 4.57 Å². The molecule has 2 aromatic heterocycles. The molecular formula is C19H22N2S+2. The van der Waals surface area contributed by atoms with E-state index in [1.165, 1.54) is 39.3 Å². The highest BCUT2D eigenvalue weighted by atomic mass is 32.1. The summed E-state index contributed by atoms with van der Waals surface area (Å²) in [5.41, 5.74) is 9.17. The minimum atomic E-state index is 1.25. The van der Waals surface area contributed by atoms with E-state index in [-0.39, 0.29) is 0 Å². The molecule has 0 atom stereocenters. The van der Waals surface area contributed by atoms with Crippen molar-refractivity contribution in [2.24, 2.45) is 7.05 Å². The van der Waals surface area contributed by atoms with Crippen LogP contribution in [-0.4, -0.2) is 0 Å². The molecule has 0 amide bonds. The molecule has 112 valence electrons. The lowest BCUT2D eigenvalue weighted by atomic mass is 9.94. The molecule has 1 aromatic carbocycles. The van der Waals surface area contributed by atoms with Gasteiger partial charge in [-0.25, -0.2) is 0 Å². The van der Waals surface area contributed by atoms with Crippen molar-refractivity contribution in [1.82, 2.24) is 0 Å². The van der Waals surface area contributed by atoms with Crippen LogP contribution >= 0.6 is 11.5 Å². The van der Waals surface area contributed by atoms with Crippen molar-refractivity contribution in [3.63, 3.8) is 0 Å². The third-order valence-electron chi connectivity index (χ3n) is 4.28. The highest BCUT2D eigenvalue weighted by Crippen LogP contribution is 2.30. The minimum Gasteiger partial charge on any atom is -0.164 e. The highest BCUT2D eigenvalue weighted by Gasteiger charge is 2.25. The van der Waals surface area contributed by atoms with Crippen molar-refractivity contribution in [2.75, 3.05) is 0 Å². The summed E-state index contributed by atoms with van der Waals surface area (Å²) in [7, 11) is 2.12. The third kappa shape index (κ3) is 2.35. The first kappa shape index (κ1) is 14.9. The molecule has 3 aromatic rings. The van der Waals surface area contributed by atoms with Gasteiger partial charge in [-0.15, -0.1) is 3.96 Å². The van der Waals surface area contributed by atoms with Crippen molar-refractivity contribution in [2.45, 2.75) is 27.7 Å². The highest BCUT2D eigenvalue weighted by molar-refractivity contribution is 6.99. The van der Waals surface area contributed by atoms with Gasteiger partial charge < -0.3 is 0 Å². The van der Waals surface area contributed by atoms with E-state index < -0.39 is 0 Å². The Hall–Kier alpha value is -2.00. The van der Waals surface area contributed by atoms with Crippen LogP contribution in [0.2, 0.25) is 0 Å². The Labute approximate surface area is 136 Å². The first-order valence-corrected chi connectivity index (χ1v) is 8.37. The molecule has 2 nitrogen and oxygen atoms in total. The summed E-state index contributed by atoms with van der Waals surface area (Å²) in [5, 5.41) is 2.15. The van der Waals surface area contributed by atoms with Gasteiger partial charge in [-0.05, 0) is 32.4 Å². The molecule has 0 radical (unpaired) electrons. The van der Waals surface area contributed by atoms with E-state index in [1.807, 2.05) is 0 Å². The van der Waals surface area contributed by atoms with Gasteiger partial charge in [0.25, 0.3) is 0 Å². The minimum absolute atomic E-state index is 1.25. The van der Waals surface area contributed by atoms with Gasteiger partial charge in [0.1, 0.15) is 11.5 Å². The number of pyridine rings is 1. The first-order chi connectivity index (χ1) is 10.5. The van der Waals surface area contributed by atoms with Crippen LogP contribution < -0.4 is 8.52 Å². The van der Waals surface area contributed by atoms with Crippen LogP contribution in [0.1, 0.15) is 22.4 Å². The molecule has 22 heavy (non-hydrogen) atoms. The molecule has 0 saturated heterocycles. The third-order valence-corrected chi connectivity index (χ3v) is 5.05. The van der Waals surface area contributed by atoms with Crippen LogP contribution in [0.25, 0.3) is 16.9 Å². The molecule has 0 aliphatic rings. The van der Waals surface area contributed by atoms with Gasteiger partial charge in [0.05, 0.1) is 10.9 Å². The Balaban J connectivity index is 2.34. The van der Waals surface area contributed by atoms with E-state index in [4.69, 9.17) is 0 Å². The number of benzene rings is 1. The first-order valence-electron chi connectivity index (χ1n) is 7.53. The van der Waals surface area contributed by atoms with Crippen LogP contribution in [-0.2, 0) is 7.05 Å². The molecule has 0 aliphatic heterocycles. The fourth-order valence-electron chi connectivity index (χ4n) is 3.31. The molecule has 3 rings (SSSR count). The zero-order valence-corrected chi connectivity index (χ0v) is 14.7. The second-order valence-corrected chi connectivity index (χ2v) is 6.89. The fraction of sp³-hybridized carbons (Fsp3) is 0.263. The lowest BCUT2D eigenvalue weighted by molar-refractivity contribution is -0.603. The summed E-state index contributed by atoms with van der Waals surface area (Å²) >= 11 is 1.74. The molecule has 2 heterocycles. The van der Waals surface area contributed by atoms with Crippen LogP contribution in [0.4, 0.5) is 0 Å². The quantitative estimate of drug-likeness (QED) is 0.637. The normalized spacial score (nSPS) is 11.0. The zero-order valence-electron chi connectivity index (χ0n) is 13.8. The van der Waals surface area contributed by atoms with E-state index >= 15 is 0 Å². The van der Waals surface area contributed by atoms with Crippen molar-refractivity contribution in [1.29, 1.82) is 0 Å². The zero-order chi connectivity index (χ0) is 15.9. The lowest BCUT2D eigenvalue weighted by Gasteiger charge is -2.12. The second-order valence-electron chi connectivity index (χ2n) is 5.86. The summed E-state index contributed by atoms with van der Waals surface area (Å²) in [6.07, 6.45) is 2.15. The van der Waals surface area contributed by atoms with Crippen LogP contribution in [0.3, 0.4) is 0 Å². The molecule has 0 spiro atoms. The van der Waals surface area contributed by atoms with Gasteiger partial charge in [0, 0.05) is 36.2 Å². The molecule has 0 aliphatic carbocycles. The Morgan fingerprint density at radius 1 is 0.955 bits per heavy atom. The summed E-state index contributed by atoms with van der Waals surface area (Å²) in [5.74, 6) is 0. The Morgan fingerprint density at radius 2 is 1.73 bits per heavy atom. The SMILES string of the molecule is Cc1cc(C)c(-[n+]2ccccc2C)c(C)c1-c1ccs[n+]1C. The Bertz CT molecular complexity index is 847. The largest absolute Gasteiger partial charge is 0.227 e. The van der Waals surface area contributed by atoms with E-state index in [0.29, 0.717) is 0 Å². The standard InChI is InChI=1S/C19H22N2S/c1-13-12-14(2)19(21-10-7-6-8-15(21)3)16(4)18(13)17-9-11-22-20(17)5/h6-12H,1-5H3/q+2. The monoisotopic (exact) mass is 310 g/mol. The number of hydrogen-bond donors (Lipinski definition) is 0. The molecule has 0 bridgehead atoms. The second kappa shape index (κ2) is 5.65. The average molecular weight is 310 g/mol. The number of hydrogen-bond acceptors (Lipinski definition) is 1. The summed E-state index contributed by atoms with van der Waals surface area (Å²) in [4.78, 5) is 0. The summed E-state index contributed by atoms with van der Waals surface area (Å²) in [6.45, 7) is 8.80. The van der Waals surface area contributed by atoms with Crippen LogP contribution in [0, 0.1) is 27.7 Å². The van der Waals surface area contributed by atoms with Crippen molar-refractivity contribution < 1.29 is 8.52 Å². The Morgan fingerprint density at radius 3 is 2.36 bits per heavy atom. The molecule has 0 saturated carbocycles. The molecule has 0 unspecified atom stereocenters. The van der Waals surface area contributed by atoms with E-state index in [1.54, 1.807) is 11.5 Å². The smallest absolute Gasteiger partial charge is 0.164 e. The number of aromatic nitrogens is 2. The van der Waals surface area contributed by atoms with E-state index in [9.17, 15) is 0 Å². The van der Waals surface area contributed by atoms with Gasteiger partial charge in [0.2, 0.25) is 11.4 Å². The molecular weight excluding hydrogens is 288 g/mol. The Kier molecular flexibility index (Phi) is 3.83. The van der Waals surface area contributed by atoms with Gasteiger partial charge >= 0.3 is 0 Å². The summed E-state index contributed by atoms with van der Waals surface area (Å²) < 4.78 is 4.52. The van der Waals surface area contributed by atoms with Crippen LogP contribution in [0.5, 0.6) is 0 Å². The number of aryl methyl sites for hydroxylation is 4. The lowest BCUT2D eigenvalue weighted by Crippen LogP contribution is -2.36. The average Bonchev–Trinajstić information content (AvgIpc) is 2.87. The molecule has 3 heteroatoms. The maximum atomic E-state index is 2.30.